The molecule has 3 rings (SSSR count). The van der Waals surface area contributed by atoms with Crippen molar-refractivity contribution in [3.8, 4) is 17.2 Å². The number of Topliss-reactive ketones (excluding diaryl/α,β-unsaturated/α-hetero) is 1. The molecule has 170 valence electrons. The molecule has 32 heavy (non-hydrogen) atoms. The fourth-order valence-electron chi connectivity index (χ4n) is 3.63. The van der Waals surface area contributed by atoms with E-state index in [1.54, 1.807) is 36.4 Å². The van der Waals surface area contributed by atoms with Crippen molar-refractivity contribution in [3.63, 3.8) is 0 Å². The average molecular weight is 441 g/mol. The van der Waals surface area contributed by atoms with Gasteiger partial charge in [0.1, 0.15) is 11.5 Å². The summed E-state index contributed by atoms with van der Waals surface area (Å²) in [5.74, 6) is -1.09. The molecule has 8 nitrogen and oxygen atoms in total. The van der Waals surface area contributed by atoms with Crippen LogP contribution in [0.1, 0.15) is 31.0 Å². The zero-order valence-electron chi connectivity index (χ0n) is 18.5. The summed E-state index contributed by atoms with van der Waals surface area (Å²) < 4.78 is 15.9. The molecule has 0 radical (unpaired) electrons. The molecule has 1 heterocycles. The molecule has 0 saturated carbocycles. The Hall–Kier alpha value is -3.52. The summed E-state index contributed by atoms with van der Waals surface area (Å²) in [5, 5.41) is 21.0. The summed E-state index contributed by atoms with van der Waals surface area (Å²) in [4.78, 5) is 27.1. The predicted molar refractivity (Wildman–Crippen MR) is 118 cm³/mol. The van der Waals surface area contributed by atoms with Crippen molar-refractivity contribution >= 4 is 17.4 Å². The summed E-state index contributed by atoms with van der Waals surface area (Å²) in [6.45, 7) is 4.16. The Labute approximate surface area is 186 Å². The average Bonchev–Trinajstić information content (AvgIpc) is 3.02. The number of hydrogen-bond acceptors (Lipinski definition) is 7. The second-order valence-electron chi connectivity index (χ2n) is 7.61. The SMILES string of the molecule is COCCN1C(=O)C(=O)/C(=C(\O)c2ccc(OC(C)C)cc2)C1c1ccc(O)c(OC)c1. The third-order valence-electron chi connectivity index (χ3n) is 5.10. The van der Waals surface area contributed by atoms with E-state index >= 15 is 0 Å². The Morgan fingerprint density at radius 1 is 1.09 bits per heavy atom. The summed E-state index contributed by atoms with van der Waals surface area (Å²) >= 11 is 0. The van der Waals surface area contributed by atoms with E-state index in [-0.39, 0.29) is 42.1 Å². The van der Waals surface area contributed by atoms with Gasteiger partial charge in [0.15, 0.2) is 11.5 Å². The molecule has 0 aromatic heterocycles. The molecule has 0 aliphatic carbocycles. The van der Waals surface area contributed by atoms with Crippen LogP contribution in [0.15, 0.2) is 48.0 Å². The summed E-state index contributed by atoms with van der Waals surface area (Å²) in [7, 11) is 2.90. The molecule has 2 N–H and O–H groups in total. The van der Waals surface area contributed by atoms with Crippen LogP contribution in [0.25, 0.3) is 5.76 Å². The fourth-order valence-corrected chi connectivity index (χ4v) is 3.63. The number of methoxy groups -OCH3 is 2. The van der Waals surface area contributed by atoms with E-state index in [9.17, 15) is 19.8 Å². The molecule has 2 aromatic rings. The number of ether oxygens (including phenoxy) is 3. The second kappa shape index (κ2) is 9.74. The van der Waals surface area contributed by atoms with Crippen molar-refractivity contribution in [1.29, 1.82) is 0 Å². The Kier molecular flexibility index (Phi) is 7.05. The number of hydrogen-bond donors (Lipinski definition) is 2. The van der Waals surface area contributed by atoms with Gasteiger partial charge in [-0.1, -0.05) is 6.07 Å². The number of likely N-dealkylation sites (tertiary alicyclic amines) is 1. The minimum Gasteiger partial charge on any atom is -0.507 e. The lowest BCUT2D eigenvalue weighted by Crippen LogP contribution is -2.32. The second-order valence-corrected chi connectivity index (χ2v) is 7.61. The van der Waals surface area contributed by atoms with Gasteiger partial charge >= 0.3 is 0 Å². The fraction of sp³-hybridized carbons (Fsp3) is 0.333. The van der Waals surface area contributed by atoms with Crippen LogP contribution in [0, 0.1) is 0 Å². The molecule has 1 saturated heterocycles. The number of carbonyl (C=O) groups is 2. The van der Waals surface area contributed by atoms with E-state index in [0.29, 0.717) is 16.9 Å². The Bertz CT molecular complexity index is 1030. The van der Waals surface area contributed by atoms with Crippen LogP contribution in [-0.4, -0.2) is 60.3 Å². The van der Waals surface area contributed by atoms with Gasteiger partial charge < -0.3 is 29.3 Å². The highest BCUT2D eigenvalue weighted by Crippen LogP contribution is 2.41. The number of nitrogens with zero attached hydrogens (tertiary/aromatic N) is 1. The first kappa shape index (κ1) is 23.1. The van der Waals surface area contributed by atoms with Gasteiger partial charge in [0, 0.05) is 19.2 Å². The van der Waals surface area contributed by atoms with Gasteiger partial charge in [-0.25, -0.2) is 0 Å². The molecular formula is C24H27NO7. The van der Waals surface area contributed by atoms with E-state index in [4.69, 9.17) is 14.2 Å². The lowest BCUT2D eigenvalue weighted by Gasteiger charge is -2.25. The molecule has 1 fully saturated rings. The molecule has 8 heteroatoms. The van der Waals surface area contributed by atoms with E-state index in [0.717, 1.165) is 0 Å². The maximum absolute atomic E-state index is 13.0. The predicted octanol–water partition coefficient (Wildman–Crippen LogP) is 3.26. The van der Waals surface area contributed by atoms with Gasteiger partial charge in [-0.05, 0) is 55.8 Å². The number of benzene rings is 2. The van der Waals surface area contributed by atoms with Crippen molar-refractivity contribution in [1.82, 2.24) is 4.90 Å². The number of phenolic OH excluding ortho intramolecular Hbond substituents is 1. The zero-order chi connectivity index (χ0) is 23.4. The zero-order valence-corrected chi connectivity index (χ0v) is 18.5. The number of aliphatic hydroxyl groups is 1. The van der Waals surface area contributed by atoms with Crippen molar-refractivity contribution in [2.45, 2.75) is 26.0 Å². The summed E-state index contributed by atoms with van der Waals surface area (Å²) in [6, 6.07) is 10.3. The van der Waals surface area contributed by atoms with Crippen LogP contribution in [0.4, 0.5) is 0 Å². The van der Waals surface area contributed by atoms with Crippen molar-refractivity contribution in [2.75, 3.05) is 27.4 Å². The van der Waals surface area contributed by atoms with Gasteiger partial charge in [-0.15, -0.1) is 0 Å². The van der Waals surface area contributed by atoms with Crippen LogP contribution in [0.2, 0.25) is 0 Å². The maximum Gasteiger partial charge on any atom is 0.295 e. The molecular weight excluding hydrogens is 414 g/mol. The number of rotatable bonds is 8. The third kappa shape index (κ3) is 4.55. The van der Waals surface area contributed by atoms with E-state index in [1.165, 1.54) is 25.2 Å². The smallest absolute Gasteiger partial charge is 0.295 e. The standard InChI is InChI=1S/C24H27NO7/c1-14(2)32-17-8-5-15(6-9-17)22(27)20-21(16-7-10-18(26)19(13-16)31-4)25(11-12-30-3)24(29)23(20)28/h5-10,13-14,21,26-27H,11-12H2,1-4H3/b22-20-. The minimum atomic E-state index is -0.869. The maximum atomic E-state index is 13.0. The minimum absolute atomic E-state index is 0.00923. The number of phenols is 1. The summed E-state index contributed by atoms with van der Waals surface area (Å²) in [6.07, 6.45) is -0.00923. The number of carbonyl (C=O) groups excluding carboxylic acids is 2. The van der Waals surface area contributed by atoms with E-state index in [2.05, 4.69) is 0 Å². The first-order valence-corrected chi connectivity index (χ1v) is 10.2. The normalized spacial score (nSPS) is 17.8. The lowest BCUT2D eigenvalue weighted by atomic mass is 9.95. The molecule has 1 aliphatic heterocycles. The molecule has 0 bridgehead atoms. The molecule has 1 amide bonds. The van der Waals surface area contributed by atoms with Crippen molar-refractivity contribution in [2.24, 2.45) is 0 Å². The molecule has 1 unspecified atom stereocenters. The quantitative estimate of drug-likeness (QED) is 0.368. The largest absolute Gasteiger partial charge is 0.507 e. The van der Waals surface area contributed by atoms with Gasteiger partial charge in [-0.2, -0.15) is 0 Å². The van der Waals surface area contributed by atoms with E-state index in [1.807, 2.05) is 13.8 Å². The number of aliphatic hydroxyl groups excluding tert-OH is 1. The van der Waals surface area contributed by atoms with Crippen LogP contribution < -0.4 is 9.47 Å². The topological polar surface area (TPSA) is 106 Å². The van der Waals surface area contributed by atoms with Crippen LogP contribution >= 0.6 is 0 Å². The van der Waals surface area contributed by atoms with Crippen molar-refractivity contribution < 1.29 is 34.0 Å². The monoisotopic (exact) mass is 441 g/mol. The number of ketones is 1. The van der Waals surface area contributed by atoms with Gasteiger partial charge in [0.2, 0.25) is 0 Å². The molecule has 0 spiro atoms. The van der Waals surface area contributed by atoms with Gasteiger partial charge in [-0.3, -0.25) is 9.59 Å². The van der Waals surface area contributed by atoms with Gasteiger partial charge in [0.25, 0.3) is 11.7 Å². The van der Waals surface area contributed by atoms with Crippen LogP contribution in [-0.2, 0) is 14.3 Å². The molecule has 1 aliphatic rings. The Balaban J connectivity index is 2.11. The Morgan fingerprint density at radius 3 is 2.38 bits per heavy atom. The highest BCUT2D eigenvalue weighted by Gasteiger charge is 2.46. The van der Waals surface area contributed by atoms with Crippen LogP contribution in [0.5, 0.6) is 17.2 Å². The summed E-state index contributed by atoms with van der Waals surface area (Å²) in [5.41, 5.74) is 0.842. The van der Waals surface area contributed by atoms with E-state index < -0.39 is 17.7 Å². The highest BCUT2D eigenvalue weighted by molar-refractivity contribution is 6.46. The number of amides is 1. The van der Waals surface area contributed by atoms with Gasteiger partial charge in [0.05, 0.1) is 31.4 Å². The highest BCUT2D eigenvalue weighted by atomic mass is 16.5. The van der Waals surface area contributed by atoms with Crippen LogP contribution in [0.3, 0.4) is 0 Å². The third-order valence-corrected chi connectivity index (χ3v) is 5.10. The Morgan fingerprint density at radius 2 is 1.78 bits per heavy atom. The number of aromatic hydroxyl groups is 1. The molecule has 1 atom stereocenters. The lowest BCUT2D eigenvalue weighted by molar-refractivity contribution is -0.140. The first-order chi connectivity index (χ1) is 15.3. The molecule has 2 aromatic carbocycles. The van der Waals surface area contributed by atoms with Crippen molar-refractivity contribution in [3.05, 3.63) is 59.2 Å². The first-order valence-electron chi connectivity index (χ1n) is 10.2.